The van der Waals surface area contributed by atoms with E-state index in [0.29, 0.717) is 18.4 Å². The Labute approximate surface area is 194 Å². The van der Waals surface area contributed by atoms with Crippen LogP contribution in [0.1, 0.15) is 39.2 Å². The highest BCUT2D eigenvalue weighted by molar-refractivity contribution is 7.91. The third-order valence-corrected chi connectivity index (χ3v) is 9.26. The highest BCUT2D eigenvalue weighted by Gasteiger charge is 2.50. The number of imide groups is 1. The average molecular weight is 500 g/mol. The maximum Gasteiger partial charge on any atom is 0.325 e. The first kappa shape index (κ1) is 25.2. The van der Waals surface area contributed by atoms with Crippen LogP contribution in [0.3, 0.4) is 0 Å². The van der Waals surface area contributed by atoms with Gasteiger partial charge in [0.2, 0.25) is 5.91 Å². The molecule has 1 aromatic rings. The van der Waals surface area contributed by atoms with Crippen LogP contribution in [-0.4, -0.2) is 80.9 Å². The number of benzene rings is 1. The van der Waals surface area contributed by atoms with Gasteiger partial charge in [-0.2, -0.15) is 0 Å². The van der Waals surface area contributed by atoms with Gasteiger partial charge in [-0.15, -0.1) is 0 Å². The first-order chi connectivity index (χ1) is 15.2. The lowest BCUT2D eigenvalue weighted by Crippen LogP contribution is -2.51. The Morgan fingerprint density at radius 1 is 1.27 bits per heavy atom. The van der Waals surface area contributed by atoms with Crippen LogP contribution >= 0.6 is 0 Å². The minimum atomic E-state index is -3.43. The summed E-state index contributed by atoms with van der Waals surface area (Å²) in [6.07, 6.45) is 1.98. The van der Waals surface area contributed by atoms with Gasteiger partial charge in [-0.05, 0) is 44.4 Å². The summed E-state index contributed by atoms with van der Waals surface area (Å²) in [5, 5.41) is 2.60. The molecule has 0 radical (unpaired) electrons. The average Bonchev–Trinajstić information content (AvgIpc) is 3.19. The van der Waals surface area contributed by atoms with E-state index in [-0.39, 0.29) is 22.4 Å². The number of carbonyl (C=O) groups excluding carboxylic acids is 3. The van der Waals surface area contributed by atoms with Crippen molar-refractivity contribution in [3.63, 3.8) is 0 Å². The summed E-state index contributed by atoms with van der Waals surface area (Å²) in [5.74, 6) is -1.27. The van der Waals surface area contributed by atoms with E-state index in [1.807, 2.05) is 13.8 Å². The van der Waals surface area contributed by atoms with Crippen molar-refractivity contribution in [3.05, 3.63) is 29.8 Å². The van der Waals surface area contributed by atoms with Crippen molar-refractivity contribution >= 4 is 37.5 Å². The number of sulfone groups is 2. The van der Waals surface area contributed by atoms with Crippen LogP contribution in [0.2, 0.25) is 0 Å². The maximum absolute atomic E-state index is 13.2. The Kier molecular flexibility index (Phi) is 6.64. The van der Waals surface area contributed by atoms with Gasteiger partial charge in [-0.25, -0.2) is 21.6 Å². The third-order valence-electron chi connectivity index (χ3n) is 6.38. The van der Waals surface area contributed by atoms with Gasteiger partial charge in [0, 0.05) is 18.3 Å². The Hall–Kier alpha value is -2.47. The van der Waals surface area contributed by atoms with Crippen molar-refractivity contribution in [1.82, 2.24) is 15.1 Å². The van der Waals surface area contributed by atoms with E-state index in [4.69, 9.17) is 0 Å². The van der Waals surface area contributed by atoms with Crippen molar-refractivity contribution in [2.45, 2.75) is 56.1 Å². The summed E-state index contributed by atoms with van der Waals surface area (Å²) >= 11 is 0. The Morgan fingerprint density at radius 2 is 1.88 bits per heavy atom. The summed E-state index contributed by atoms with van der Waals surface area (Å²) in [4.78, 5) is 41.4. The number of hydrogen-bond donors (Lipinski definition) is 1. The predicted molar refractivity (Wildman–Crippen MR) is 121 cm³/mol. The van der Waals surface area contributed by atoms with E-state index in [2.05, 4.69) is 5.32 Å². The standard InChI is InChI=1S/C21H29N3O7S2/c1-5-14(2)24(16-10-11-33(30,31)13-16)18(25)12-23-19(26)21(3,22-20(23)27)15-6-8-17(9-7-15)32(4,28)29/h6-9,14,16H,5,10-13H2,1-4H3,(H,22,27)/t14-,16-,21-/m0/s1. The molecule has 0 aromatic heterocycles. The van der Waals surface area contributed by atoms with E-state index < -0.39 is 55.6 Å². The largest absolute Gasteiger partial charge is 0.334 e. The molecule has 3 rings (SSSR count). The normalized spacial score (nSPS) is 25.7. The van der Waals surface area contributed by atoms with E-state index in [9.17, 15) is 31.2 Å². The Morgan fingerprint density at radius 3 is 2.36 bits per heavy atom. The van der Waals surface area contributed by atoms with Gasteiger partial charge < -0.3 is 10.2 Å². The van der Waals surface area contributed by atoms with Gasteiger partial charge in [0.15, 0.2) is 19.7 Å². The van der Waals surface area contributed by atoms with Crippen LogP contribution in [0.15, 0.2) is 29.2 Å². The molecule has 12 heteroatoms. The SMILES string of the molecule is CC[C@H](C)N(C(=O)CN1C(=O)N[C@@](C)(c2ccc(S(C)(=O)=O)cc2)C1=O)[C@H]1CCS(=O)(=O)C1. The van der Waals surface area contributed by atoms with E-state index in [0.717, 1.165) is 11.2 Å². The van der Waals surface area contributed by atoms with Crippen molar-refractivity contribution < 1.29 is 31.2 Å². The smallest absolute Gasteiger partial charge is 0.325 e. The first-order valence-corrected chi connectivity index (χ1v) is 14.4. The number of rotatable bonds is 7. The van der Waals surface area contributed by atoms with Crippen LogP contribution in [0.4, 0.5) is 4.79 Å². The monoisotopic (exact) mass is 499 g/mol. The zero-order valence-corrected chi connectivity index (χ0v) is 20.7. The second-order valence-electron chi connectivity index (χ2n) is 8.86. The fraction of sp³-hybridized carbons (Fsp3) is 0.571. The van der Waals surface area contributed by atoms with Gasteiger partial charge in [0.05, 0.1) is 16.4 Å². The Balaban J connectivity index is 1.83. The molecule has 0 saturated carbocycles. The molecule has 0 aliphatic carbocycles. The lowest BCUT2D eigenvalue weighted by atomic mass is 9.92. The van der Waals surface area contributed by atoms with Crippen LogP contribution in [0, 0.1) is 0 Å². The summed E-state index contributed by atoms with van der Waals surface area (Å²) < 4.78 is 47.3. The molecule has 33 heavy (non-hydrogen) atoms. The summed E-state index contributed by atoms with van der Waals surface area (Å²) in [7, 11) is -6.66. The van der Waals surface area contributed by atoms with E-state index in [1.54, 1.807) is 0 Å². The molecular weight excluding hydrogens is 470 g/mol. The molecule has 4 amide bonds. The molecule has 3 atom stereocenters. The minimum absolute atomic E-state index is 0.00254. The van der Waals surface area contributed by atoms with E-state index in [1.165, 1.54) is 36.1 Å². The second-order valence-corrected chi connectivity index (χ2v) is 13.1. The maximum atomic E-state index is 13.2. The molecule has 2 fully saturated rings. The zero-order chi connectivity index (χ0) is 24.8. The highest BCUT2D eigenvalue weighted by Crippen LogP contribution is 2.30. The van der Waals surface area contributed by atoms with Crippen LogP contribution in [0.25, 0.3) is 0 Å². The van der Waals surface area contributed by atoms with Crippen LogP contribution in [0.5, 0.6) is 0 Å². The Bertz CT molecular complexity index is 1180. The molecule has 2 aliphatic rings. The number of nitrogens with one attached hydrogen (secondary N) is 1. The molecule has 182 valence electrons. The van der Waals surface area contributed by atoms with Crippen molar-refractivity contribution in [1.29, 1.82) is 0 Å². The van der Waals surface area contributed by atoms with Gasteiger partial charge in [-0.3, -0.25) is 14.5 Å². The molecule has 1 aromatic carbocycles. The topological polar surface area (TPSA) is 138 Å². The lowest BCUT2D eigenvalue weighted by Gasteiger charge is -2.34. The van der Waals surface area contributed by atoms with Gasteiger partial charge in [0.1, 0.15) is 12.1 Å². The molecule has 2 saturated heterocycles. The molecule has 0 bridgehead atoms. The van der Waals surface area contributed by atoms with Crippen LogP contribution in [-0.2, 0) is 34.8 Å². The second kappa shape index (κ2) is 8.71. The third kappa shape index (κ3) is 4.91. The molecular formula is C21H29N3O7S2. The summed E-state index contributed by atoms with van der Waals surface area (Å²) in [5.41, 5.74) is -1.09. The van der Waals surface area contributed by atoms with E-state index >= 15 is 0 Å². The summed E-state index contributed by atoms with van der Waals surface area (Å²) in [6, 6.07) is 4.12. The molecule has 0 spiro atoms. The number of carbonyl (C=O) groups is 3. The zero-order valence-electron chi connectivity index (χ0n) is 19.1. The quantitative estimate of drug-likeness (QED) is 0.544. The number of amides is 4. The molecule has 2 heterocycles. The fourth-order valence-corrected chi connectivity index (χ4v) is 6.63. The molecule has 10 nitrogen and oxygen atoms in total. The van der Waals surface area contributed by atoms with Crippen molar-refractivity contribution in [2.24, 2.45) is 0 Å². The molecule has 2 aliphatic heterocycles. The molecule has 1 N–H and O–H groups in total. The highest BCUT2D eigenvalue weighted by atomic mass is 32.2. The van der Waals surface area contributed by atoms with Crippen LogP contribution < -0.4 is 5.32 Å². The number of urea groups is 1. The lowest BCUT2D eigenvalue weighted by molar-refractivity contribution is -0.141. The van der Waals surface area contributed by atoms with Gasteiger partial charge in [-0.1, -0.05) is 19.1 Å². The molecule has 0 unspecified atom stereocenters. The summed E-state index contributed by atoms with van der Waals surface area (Å²) in [6.45, 7) is 4.66. The predicted octanol–water partition coefficient (Wildman–Crippen LogP) is 0.671. The number of nitrogens with zero attached hydrogens (tertiary/aromatic N) is 2. The minimum Gasteiger partial charge on any atom is -0.334 e. The number of hydrogen-bond acceptors (Lipinski definition) is 7. The fourth-order valence-electron chi connectivity index (χ4n) is 4.29. The van der Waals surface area contributed by atoms with Crippen molar-refractivity contribution in [3.8, 4) is 0 Å². The van der Waals surface area contributed by atoms with Crippen molar-refractivity contribution in [2.75, 3.05) is 24.3 Å². The van der Waals surface area contributed by atoms with Gasteiger partial charge >= 0.3 is 6.03 Å². The van der Waals surface area contributed by atoms with Gasteiger partial charge in [0.25, 0.3) is 5.91 Å². The first-order valence-electron chi connectivity index (χ1n) is 10.7.